The summed E-state index contributed by atoms with van der Waals surface area (Å²) in [4.78, 5) is 16.0. The van der Waals surface area contributed by atoms with Crippen LogP contribution in [0.15, 0.2) is 0 Å². The Kier molecular flexibility index (Phi) is 4.43. The van der Waals surface area contributed by atoms with E-state index in [2.05, 4.69) is 20.8 Å². The van der Waals surface area contributed by atoms with Crippen LogP contribution >= 0.6 is 0 Å². The molecule has 0 aromatic rings. The van der Waals surface area contributed by atoms with E-state index >= 15 is 0 Å². The minimum absolute atomic E-state index is 0.205. The topological polar surface area (TPSA) is 23.6 Å². The van der Waals surface area contributed by atoms with Crippen molar-refractivity contribution in [3.05, 3.63) is 0 Å². The normalized spacial score (nSPS) is 23.7. The molecule has 0 spiro atoms. The van der Waals surface area contributed by atoms with Crippen LogP contribution in [0.4, 0.5) is 4.79 Å². The van der Waals surface area contributed by atoms with Gasteiger partial charge in [0.15, 0.2) is 0 Å². The maximum atomic E-state index is 12.1. The molecule has 0 aliphatic carbocycles. The molecule has 2 atom stereocenters. The highest BCUT2D eigenvalue weighted by Crippen LogP contribution is 2.17. The Morgan fingerprint density at radius 3 is 2.80 bits per heavy atom. The highest BCUT2D eigenvalue weighted by Gasteiger charge is 2.24. The molecule has 0 aromatic carbocycles. The van der Waals surface area contributed by atoms with Crippen LogP contribution in [0, 0.1) is 5.92 Å². The number of carbonyl (C=O) groups excluding carboxylic acids is 1. The van der Waals surface area contributed by atoms with Gasteiger partial charge in [0, 0.05) is 26.2 Å². The second-order valence-corrected chi connectivity index (χ2v) is 4.84. The number of amides is 2. The number of hydrogen-bond donors (Lipinski definition) is 0. The van der Waals surface area contributed by atoms with E-state index in [1.54, 1.807) is 0 Å². The van der Waals surface area contributed by atoms with Crippen LogP contribution < -0.4 is 0 Å². The molecular weight excluding hydrogens is 188 g/mol. The summed E-state index contributed by atoms with van der Waals surface area (Å²) in [5.74, 6) is 0.660. The molecule has 1 rings (SSSR count). The Balaban J connectivity index is 2.51. The molecule has 0 radical (unpaired) electrons. The van der Waals surface area contributed by atoms with E-state index in [0.29, 0.717) is 12.0 Å². The van der Waals surface area contributed by atoms with Crippen molar-refractivity contribution >= 4 is 6.03 Å². The van der Waals surface area contributed by atoms with Crippen LogP contribution in [0.2, 0.25) is 0 Å². The highest BCUT2D eigenvalue weighted by molar-refractivity contribution is 5.74. The second kappa shape index (κ2) is 5.38. The van der Waals surface area contributed by atoms with E-state index in [0.717, 1.165) is 25.9 Å². The van der Waals surface area contributed by atoms with Crippen molar-refractivity contribution in [1.82, 2.24) is 9.80 Å². The van der Waals surface area contributed by atoms with Crippen LogP contribution in [0.5, 0.6) is 0 Å². The second-order valence-electron chi connectivity index (χ2n) is 4.84. The zero-order valence-electron chi connectivity index (χ0n) is 10.5. The Bertz CT molecular complexity index is 218. The molecular formula is C12H24N2O. The first-order chi connectivity index (χ1) is 7.06. The maximum absolute atomic E-state index is 12.1. The SMILES string of the molecule is CCC(C)N(C)C(=O)N1CCCC(C)C1. The average Bonchev–Trinajstić information content (AvgIpc) is 2.26. The van der Waals surface area contributed by atoms with Crippen molar-refractivity contribution in [2.45, 2.75) is 46.1 Å². The average molecular weight is 212 g/mol. The largest absolute Gasteiger partial charge is 0.325 e. The first-order valence-corrected chi connectivity index (χ1v) is 6.08. The van der Waals surface area contributed by atoms with Crippen LogP contribution in [0.1, 0.15) is 40.0 Å². The van der Waals surface area contributed by atoms with Crippen LogP contribution in [0.25, 0.3) is 0 Å². The molecule has 3 nitrogen and oxygen atoms in total. The molecule has 1 fully saturated rings. The lowest BCUT2D eigenvalue weighted by molar-refractivity contribution is 0.127. The summed E-state index contributed by atoms with van der Waals surface area (Å²) in [6.45, 7) is 8.31. The number of rotatable bonds is 2. The lowest BCUT2D eigenvalue weighted by atomic mass is 10.0. The quantitative estimate of drug-likeness (QED) is 0.690. The van der Waals surface area contributed by atoms with E-state index < -0.39 is 0 Å². The van der Waals surface area contributed by atoms with Gasteiger partial charge in [-0.05, 0) is 32.1 Å². The minimum atomic E-state index is 0.205. The molecule has 15 heavy (non-hydrogen) atoms. The van der Waals surface area contributed by atoms with Gasteiger partial charge < -0.3 is 9.80 Å². The number of urea groups is 1. The van der Waals surface area contributed by atoms with Crippen LogP contribution in [-0.2, 0) is 0 Å². The molecule has 0 N–H and O–H groups in total. The van der Waals surface area contributed by atoms with Crippen molar-refractivity contribution in [2.24, 2.45) is 5.92 Å². The molecule has 1 saturated heterocycles. The van der Waals surface area contributed by atoms with E-state index in [1.807, 2.05) is 16.8 Å². The summed E-state index contributed by atoms with van der Waals surface area (Å²) in [5.41, 5.74) is 0. The predicted molar refractivity (Wildman–Crippen MR) is 62.9 cm³/mol. The summed E-state index contributed by atoms with van der Waals surface area (Å²) in [5, 5.41) is 0. The van der Waals surface area contributed by atoms with Gasteiger partial charge in [0.1, 0.15) is 0 Å². The third-order valence-electron chi connectivity index (χ3n) is 3.48. The number of piperidine rings is 1. The van der Waals surface area contributed by atoms with Gasteiger partial charge in [-0.2, -0.15) is 0 Å². The minimum Gasteiger partial charge on any atom is -0.325 e. The summed E-state index contributed by atoms with van der Waals surface area (Å²) in [6.07, 6.45) is 3.43. The highest BCUT2D eigenvalue weighted by atomic mass is 16.2. The Labute approximate surface area is 93.4 Å². The summed E-state index contributed by atoms with van der Waals surface area (Å²) in [6, 6.07) is 0.547. The van der Waals surface area contributed by atoms with Crippen LogP contribution in [-0.4, -0.2) is 42.0 Å². The lowest BCUT2D eigenvalue weighted by Gasteiger charge is -2.36. The van der Waals surface area contributed by atoms with Crippen molar-refractivity contribution in [3.63, 3.8) is 0 Å². The van der Waals surface area contributed by atoms with Gasteiger partial charge in [-0.1, -0.05) is 13.8 Å². The fourth-order valence-electron chi connectivity index (χ4n) is 2.05. The number of likely N-dealkylation sites (tertiary alicyclic amines) is 1. The first-order valence-electron chi connectivity index (χ1n) is 6.08. The van der Waals surface area contributed by atoms with Gasteiger partial charge in [-0.15, -0.1) is 0 Å². The van der Waals surface area contributed by atoms with E-state index in [9.17, 15) is 4.79 Å². The van der Waals surface area contributed by atoms with Crippen molar-refractivity contribution in [3.8, 4) is 0 Å². The maximum Gasteiger partial charge on any atom is 0.319 e. The van der Waals surface area contributed by atoms with Gasteiger partial charge in [0.2, 0.25) is 0 Å². The van der Waals surface area contributed by atoms with Crippen LogP contribution in [0.3, 0.4) is 0 Å². The number of carbonyl (C=O) groups is 1. The van der Waals surface area contributed by atoms with E-state index in [-0.39, 0.29) is 6.03 Å². The van der Waals surface area contributed by atoms with Gasteiger partial charge in [-0.3, -0.25) is 0 Å². The molecule has 0 bridgehead atoms. The summed E-state index contributed by atoms with van der Waals surface area (Å²) in [7, 11) is 1.91. The monoisotopic (exact) mass is 212 g/mol. The molecule has 0 aromatic heterocycles. The van der Waals surface area contributed by atoms with Gasteiger partial charge in [0.05, 0.1) is 0 Å². The molecule has 2 unspecified atom stereocenters. The third-order valence-corrected chi connectivity index (χ3v) is 3.48. The molecule has 1 aliphatic rings. The van der Waals surface area contributed by atoms with Gasteiger partial charge >= 0.3 is 6.03 Å². The third kappa shape index (κ3) is 3.11. The molecule has 1 heterocycles. The van der Waals surface area contributed by atoms with Gasteiger partial charge in [0.25, 0.3) is 0 Å². The van der Waals surface area contributed by atoms with Crippen molar-refractivity contribution < 1.29 is 4.79 Å². The zero-order valence-corrected chi connectivity index (χ0v) is 10.5. The number of nitrogens with zero attached hydrogens (tertiary/aromatic N) is 2. The molecule has 1 aliphatic heterocycles. The smallest absolute Gasteiger partial charge is 0.319 e. The predicted octanol–water partition coefficient (Wildman–Crippen LogP) is 2.57. The zero-order chi connectivity index (χ0) is 11.4. The molecule has 2 amide bonds. The Morgan fingerprint density at radius 1 is 1.60 bits per heavy atom. The van der Waals surface area contributed by atoms with Crippen molar-refractivity contribution in [2.75, 3.05) is 20.1 Å². The first kappa shape index (κ1) is 12.3. The fourth-order valence-corrected chi connectivity index (χ4v) is 2.05. The van der Waals surface area contributed by atoms with Crippen molar-refractivity contribution in [1.29, 1.82) is 0 Å². The summed E-state index contributed by atoms with van der Waals surface area (Å²) < 4.78 is 0. The van der Waals surface area contributed by atoms with E-state index in [1.165, 1.54) is 6.42 Å². The molecule has 3 heteroatoms. The molecule has 0 saturated carbocycles. The Morgan fingerprint density at radius 2 is 2.27 bits per heavy atom. The Hall–Kier alpha value is -0.730. The fraction of sp³-hybridized carbons (Fsp3) is 0.917. The van der Waals surface area contributed by atoms with E-state index in [4.69, 9.17) is 0 Å². The lowest BCUT2D eigenvalue weighted by Crippen LogP contribution is -2.48. The standard InChI is InChI=1S/C12H24N2O/c1-5-11(3)13(4)12(15)14-8-6-7-10(2)9-14/h10-11H,5-9H2,1-4H3. The van der Waals surface area contributed by atoms with Gasteiger partial charge in [-0.25, -0.2) is 4.79 Å². The molecule has 88 valence electrons. The number of hydrogen-bond acceptors (Lipinski definition) is 1. The summed E-state index contributed by atoms with van der Waals surface area (Å²) >= 11 is 0.